The van der Waals surface area contributed by atoms with Crippen molar-refractivity contribution >= 4 is 11.8 Å². The Morgan fingerprint density at radius 2 is 1.94 bits per heavy atom. The van der Waals surface area contributed by atoms with Gasteiger partial charge >= 0.3 is 5.97 Å². The summed E-state index contributed by atoms with van der Waals surface area (Å²) < 4.78 is 4.98. The van der Waals surface area contributed by atoms with Gasteiger partial charge in [0.25, 0.3) is 5.56 Å². The molecule has 0 unspecified atom stereocenters. The number of esters is 1. The van der Waals surface area contributed by atoms with Gasteiger partial charge in [0.2, 0.25) is 0 Å². The zero-order valence-electron chi connectivity index (χ0n) is 8.90. The molecule has 6 heteroatoms. The molecule has 1 heterocycles. The van der Waals surface area contributed by atoms with E-state index in [0.717, 1.165) is 5.56 Å². The molecule has 0 saturated heterocycles. The molecule has 0 saturated carbocycles. The van der Waals surface area contributed by atoms with Gasteiger partial charge in [0, 0.05) is 0 Å². The number of nitrogens with two attached hydrogens (primary N) is 1. The molecule has 88 valence electrons. The first kappa shape index (κ1) is 11.0. The first-order valence-corrected chi connectivity index (χ1v) is 4.95. The molecular formula is C11H11N3O3. The summed E-state index contributed by atoms with van der Waals surface area (Å²) in [4.78, 5) is 22.8. The maximum atomic E-state index is 11.6. The summed E-state index contributed by atoms with van der Waals surface area (Å²) in [5, 5.41) is 4.57. The van der Waals surface area contributed by atoms with E-state index in [4.69, 9.17) is 10.5 Å². The highest BCUT2D eigenvalue weighted by atomic mass is 16.5. The molecule has 0 aliphatic heterocycles. The van der Waals surface area contributed by atoms with E-state index >= 15 is 0 Å². The molecular weight excluding hydrogens is 222 g/mol. The third-order valence-corrected chi connectivity index (χ3v) is 2.22. The molecule has 1 aromatic heterocycles. The van der Waals surface area contributed by atoms with Gasteiger partial charge in [0.1, 0.15) is 12.4 Å². The van der Waals surface area contributed by atoms with Crippen molar-refractivity contribution in [3.63, 3.8) is 0 Å². The second-order valence-corrected chi connectivity index (χ2v) is 3.43. The number of hydrogen-bond donors (Lipinski definition) is 3. The molecule has 2 aromatic rings. The van der Waals surface area contributed by atoms with Crippen molar-refractivity contribution in [1.29, 1.82) is 0 Å². The maximum absolute atomic E-state index is 11.6. The minimum atomic E-state index is -0.742. The van der Waals surface area contributed by atoms with Crippen LogP contribution in [0.15, 0.2) is 35.1 Å². The molecule has 0 aliphatic rings. The van der Waals surface area contributed by atoms with Crippen molar-refractivity contribution < 1.29 is 9.53 Å². The maximum Gasteiger partial charge on any atom is 0.347 e. The zero-order valence-corrected chi connectivity index (χ0v) is 8.90. The summed E-state index contributed by atoms with van der Waals surface area (Å²) in [7, 11) is 0. The molecule has 0 aliphatic carbocycles. The number of anilines is 1. The lowest BCUT2D eigenvalue weighted by molar-refractivity contribution is 0.0472. The van der Waals surface area contributed by atoms with E-state index in [1.807, 2.05) is 30.3 Å². The minimum absolute atomic E-state index is 0.0203. The van der Waals surface area contributed by atoms with Gasteiger partial charge in [0.15, 0.2) is 5.56 Å². The monoisotopic (exact) mass is 233 g/mol. The first-order chi connectivity index (χ1) is 8.18. The summed E-state index contributed by atoms with van der Waals surface area (Å²) in [6.45, 7) is 0.101. The normalized spacial score (nSPS) is 10.1. The van der Waals surface area contributed by atoms with E-state index in [-0.39, 0.29) is 18.0 Å². The fourth-order valence-electron chi connectivity index (χ4n) is 1.37. The van der Waals surface area contributed by atoms with Gasteiger partial charge < -0.3 is 10.5 Å². The molecule has 2 rings (SSSR count). The van der Waals surface area contributed by atoms with E-state index in [1.165, 1.54) is 0 Å². The number of nitrogens with one attached hydrogen (secondary N) is 2. The summed E-state index contributed by atoms with van der Waals surface area (Å²) in [5.41, 5.74) is 5.49. The Morgan fingerprint density at radius 1 is 1.24 bits per heavy atom. The average molecular weight is 233 g/mol. The van der Waals surface area contributed by atoms with Gasteiger partial charge in [-0.25, -0.2) is 4.79 Å². The molecule has 4 N–H and O–H groups in total. The Hall–Kier alpha value is -2.50. The smallest absolute Gasteiger partial charge is 0.347 e. The Balaban J connectivity index is 2.06. The van der Waals surface area contributed by atoms with Gasteiger partial charge in [-0.2, -0.15) is 0 Å². The zero-order chi connectivity index (χ0) is 12.3. The average Bonchev–Trinajstić information content (AvgIpc) is 2.67. The van der Waals surface area contributed by atoms with Crippen LogP contribution in [0.25, 0.3) is 0 Å². The number of carbonyl (C=O) groups is 1. The summed E-state index contributed by atoms with van der Waals surface area (Å²) in [6, 6.07) is 9.16. The fraction of sp³-hybridized carbons (Fsp3) is 0.0909. The Morgan fingerprint density at radius 3 is 2.53 bits per heavy atom. The largest absolute Gasteiger partial charge is 0.457 e. The van der Waals surface area contributed by atoms with Crippen LogP contribution in [0.5, 0.6) is 0 Å². The van der Waals surface area contributed by atoms with Gasteiger partial charge in [0.05, 0.1) is 0 Å². The minimum Gasteiger partial charge on any atom is -0.457 e. The van der Waals surface area contributed by atoms with Crippen LogP contribution in [0.4, 0.5) is 5.82 Å². The van der Waals surface area contributed by atoms with Crippen molar-refractivity contribution in [3.05, 3.63) is 51.8 Å². The van der Waals surface area contributed by atoms with Crippen LogP contribution in [0.3, 0.4) is 0 Å². The molecule has 0 spiro atoms. The number of benzene rings is 1. The van der Waals surface area contributed by atoms with Gasteiger partial charge in [-0.1, -0.05) is 30.3 Å². The van der Waals surface area contributed by atoms with Gasteiger partial charge in [-0.15, -0.1) is 0 Å². The van der Waals surface area contributed by atoms with Gasteiger partial charge in [-0.05, 0) is 5.56 Å². The van der Waals surface area contributed by atoms with Crippen LogP contribution in [0.2, 0.25) is 0 Å². The van der Waals surface area contributed by atoms with E-state index in [0.29, 0.717) is 0 Å². The fourth-order valence-corrected chi connectivity index (χ4v) is 1.37. The topological polar surface area (TPSA) is 101 Å². The van der Waals surface area contributed by atoms with Crippen LogP contribution in [-0.2, 0) is 11.3 Å². The molecule has 0 atom stereocenters. The number of ether oxygens (including phenoxy) is 1. The van der Waals surface area contributed by atoms with Crippen molar-refractivity contribution in [1.82, 2.24) is 10.2 Å². The number of rotatable bonds is 3. The second kappa shape index (κ2) is 4.56. The lowest BCUT2D eigenvalue weighted by Gasteiger charge is -2.03. The third-order valence-electron chi connectivity index (χ3n) is 2.22. The lowest BCUT2D eigenvalue weighted by Crippen LogP contribution is -2.16. The van der Waals surface area contributed by atoms with Crippen LogP contribution in [0.1, 0.15) is 15.9 Å². The standard InChI is InChI=1S/C11H11N3O3/c12-9-8(10(15)14-13-9)11(16)17-6-7-4-2-1-3-5-7/h1-5H,6H2,(H4,12,13,14,15). The van der Waals surface area contributed by atoms with Crippen molar-refractivity contribution in [2.75, 3.05) is 5.73 Å². The van der Waals surface area contributed by atoms with E-state index in [1.54, 1.807) is 0 Å². The first-order valence-electron chi connectivity index (χ1n) is 4.95. The summed E-state index contributed by atoms with van der Waals surface area (Å²) in [5.74, 6) is -0.762. The summed E-state index contributed by atoms with van der Waals surface area (Å²) in [6.07, 6.45) is 0. The van der Waals surface area contributed by atoms with E-state index in [9.17, 15) is 9.59 Å². The van der Waals surface area contributed by atoms with Crippen LogP contribution < -0.4 is 11.3 Å². The quantitative estimate of drug-likeness (QED) is 0.677. The predicted octanol–water partition coefficient (Wildman–Crippen LogP) is 0.642. The lowest BCUT2D eigenvalue weighted by atomic mass is 10.2. The van der Waals surface area contributed by atoms with Crippen LogP contribution >= 0.6 is 0 Å². The van der Waals surface area contributed by atoms with Crippen molar-refractivity contribution in [3.8, 4) is 0 Å². The van der Waals surface area contributed by atoms with Crippen molar-refractivity contribution in [2.45, 2.75) is 6.61 Å². The molecule has 0 amide bonds. The second-order valence-electron chi connectivity index (χ2n) is 3.43. The molecule has 0 bridgehead atoms. The highest BCUT2D eigenvalue weighted by molar-refractivity contribution is 5.93. The number of carbonyl (C=O) groups excluding carboxylic acids is 1. The van der Waals surface area contributed by atoms with Crippen LogP contribution in [0, 0.1) is 0 Å². The molecule has 17 heavy (non-hydrogen) atoms. The molecule has 0 fully saturated rings. The molecule has 6 nitrogen and oxygen atoms in total. The van der Waals surface area contributed by atoms with E-state index < -0.39 is 11.5 Å². The number of H-pyrrole nitrogens is 2. The molecule has 1 aromatic carbocycles. The number of hydrogen-bond acceptors (Lipinski definition) is 4. The van der Waals surface area contributed by atoms with Crippen LogP contribution in [-0.4, -0.2) is 16.2 Å². The SMILES string of the molecule is Nc1[nH][nH]c(=O)c1C(=O)OCc1ccccc1. The highest BCUT2D eigenvalue weighted by Crippen LogP contribution is 2.06. The Kier molecular flexibility index (Phi) is 2.95. The number of aromatic nitrogens is 2. The van der Waals surface area contributed by atoms with Crippen molar-refractivity contribution in [2.24, 2.45) is 0 Å². The summed E-state index contributed by atoms with van der Waals surface area (Å²) >= 11 is 0. The Bertz CT molecular complexity index is 571. The highest BCUT2D eigenvalue weighted by Gasteiger charge is 2.17. The number of aromatic amines is 2. The third kappa shape index (κ3) is 2.36. The van der Waals surface area contributed by atoms with E-state index in [2.05, 4.69) is 10.2 Å². The Labute approximate surface area is 96.4 Å². The van der Waals surface area contributed by atoms with Gasteiger partial charge in [-0.3, -0.25) is 15.0 Å². The number of nitrogen functional groups attached to an aromatic ring is 1. The molecule has 0 radical (unpaired) electrons. The predicted molar refractivity (Wildman–Crippen MR) is 61.4 cm³/mol.